The molecule has 0 spiro atoms. The Hall–Kier alpha value is -3.03. The topological polar surface area (TPSA) is 94.4 Å². The fourth-order valence-corrected chi connectivity index (χ4v) is 1.52. The average molecular weight is 291 g/mol. The van der Waals surface area contributed by atoms with Crippen molar-refractivity contribution in [2.45, 2.75) is 6.61 Å². The fraction of sp³-hybridized carbons (Fsp3) is 0.0769. The molecule has 2 aromatic rings. The Morgan fingerprint density at radius 3 is 2.67 bits per heavy atom. The number of amides is 1. The number of ether oxygens (including phenoxy) is 1. The second-order valence-electron chi connectivity index (χ2n) is 3.95. The van der Waals surface area contributed by atoms with Crippen LogP contribution in [-0.2, 0) is 11.3 Å². The Labute approximate surface area is 118 Å². The lowest BCUT2D eigenvalue weighted by atomic mass is 10.2. The van der Waals surface area contributed by atoms with Gasteiger partial charge in [0, 0.05) is 12.1 Å². The normalized spacial score (nSPS) is 9.95. The van der Waals surface area contributed by atoms with Crippen LogP contribution in [0.2, 0.25) is 0 Å². The highest BCUT2D eigenvalue weighted by Gasteiger charge is 2.19. The van der Waals surface area contributed by atoms with Crippen LogP contribution in [0.25, 0.3) is 0 Å². The molecule has 1 aromatic carbocycles. The van der Waals surface area contributed by atoms with Gasteiger partial charge < -0.3 is 4.74 Å². The predicted octanol–water partition coefficient (Wildman–Crippen LogP) is 2.88. The maximum atomic E-state index is 13.0. The van der Waals surface area contributed by atoms with E-state index in [1.54, 1.807) is 24.3 Å². The predicted molar refractivity (Wildman–Crippen MR) is 71.1 cm³/mol. The van der Waals surface area contributed by atoms with Crippen LogP contribution in [0.4, 0.5) is 20.7 Å². The van der Waals surface area contributed by atoms with Gasteiger partial charge in [0.15, 0.2) is 0 Å². The van der Waals surface area contributed by atoms with Gasteiger partial charge in [0.1, 0.15) is 6.61 Å². The first-order chi connectivity index (χ1) is 10.1. The molecule has 0 saturated carbocycles. The number of aromatic nitrogens is 1. The van der Waals surface area contributed by atoms with Crippen molar-refractivity contribution in [3.05, 3.63) is 64.1 Å². The van der Waals surface area contributed by atoms with Gasteiger partial charge in [-0.3, -0.25) is 15.4 Å². The van der Waals surface area contributed by atoms with Gasteiger partial charge in [-0.2, -0.15) is 9.37 Å². The molecule has 1 heterocycles. The Morgan fingerprint density at radius 2 is 2.00 bits per heavy atom. The highest BCUT2D eigenvalue weighted by Crippen LogP contribution is 2.21. The molecule has 0 unspecified atom stereocenters. The SMILES string of the molecule is O=C(Nc1nc(F)ccc1[N+](=O)[O-])OCc1ccccc1. The lowest BCUT2D eigenvalue weighted by molar-refractivity contribution is -0.384. The number of benzene rings is 1. The van der Waals surface area contributed by atoms with Crippen molar-refractivity contribution < 1.29 is 18.8 Å². The minimum absolute atomic E-state index is 0.0181. The maximum Gasteiger partial charge on any atom is 0.413 e. The summed E-state index contributed by atoms with van der Waals surface area (Å²) in [5, 5.41) is 12.8. The van der Waals surface area contributed by atoms with Gasteiger partial charge in [0.25, 0.3) is 0 Å². The number of nitrogens with zero attached hydrogens (tertiary/aromatic N) is 2. The number of nitro groups is 1. The number of hydrogen-bond acceptors (Lipinski definition) is 5. The summed E-state index contributed by atoms with van der Waals surface area (Å²) >= 11 is 0. The monoisotopic (exact) mass is 291 g/mol. The zero-order valence-electron chi connectivity index (χ0n) is 10.7. The fourth-order valence-electron chi connectivity index (χ4n) is 1.52. The van der Waals surface area contributed by atoms with Crippen LogP contribution >= 0.6 is 0 Å². The lowest BCUT2D eigenvalue weighted by Crippen LogP contribution is -2.16. The van der Waals surface area contributed by atoms with Gasteiger partial charge in [-0.1, -0.05) is 30.3 Å². The Balaban J connectivity index is 2.02. The van der Waals surface area contributed by atoms with Gasteiger partial charge >= 0.3 is 11.8 Å². The maximum absolute atomic E-state index is 13.0. The van der Waals surface area contributed by atoms with Crippen molar-refractivity contribution in [1.29, 1.82) is 0 Å². The molecule has 0 saturated heterocycles. The summed E-state index contributed by atoms with van der Waals surface area (Å²) in [5.41, 5.74) is 0.224. The van der Waals surface area contributed by atoms with Crippen molar-refractivity contribution in [1.82, 2.24) is 4.98 Å². The van der Waals surface area contributed by atoms with Crippen molar-refractivity contribution in [2.24, 2.45) is 0 Å². The standard InChI is InChI=1S/C13H10FN3O4/c14-11-7-6-10(17(19)20)12(15-11)16-13(18)21-8-9-4-2-1-3-5-9/h1-7H,8H2,(H,15,16,18). The van der Waals surface area contributed by atoms with Crippen LogP contribution in [0.1, 0.15) is 5.56 Å². The molecule has 0 aliphatic heterocycles. The van der Waals surface area contributed by atoms with Crippen LogP contribution in [0, 0.1) is 16.1 Å². The van der Waals surface area contributed by atoms with E-state index in [-0.39, 0.29) is 6.61 Å². The first kappa shape index (κ1) is 14.4. The molecule has 2 rings (SSSR count). The van der Waals surface area contributed by atoms with E-state index in [9.17, 15) is 19.3 Å². The Morgan fingerprint density at radius 1 is 1.29 bits per heavy atom. The van der Waals surface area contributed by atoms with Crippen molar-refractivity contribution in [3.8, 4) is 0 Å². The zero-order valence-corrected chi connectivity index (χ0v) is 10.7. The van der Waals surface area contributed by atoms with E-state index in [2.05, 4.69) is 4.98 Å². The largest absolute Gasteiger partial charge is 0.444 e. The molecule has 7 nitrogen and oxygen atoms in total. The molecule has 8 heteroatoms. The molecule has 21 heavy (non-hydrogen) atoms. The number of nitrogens with one attached hydrogen (secondary N) is 1. The number of carbonyl (C=O) groups is 1. The number of halogens is 1. The number of rotatable bonds is 4. The zero-order chi connectivity index (χ0) is 15.2. The van der Waals surface area contributed by atoms with E-state index >= 15 is 0 Å². The third-order valence-corrected chi connectivity index (χ3v) is 2.47. The van der Waals surface area contributed by atoms with Gasteiger partial charge in [-0.15, -0.1) is 0 Å². The molecule has 1 N–H and O–H groups in total. The third kappa shape index (κ3) is 3.96. The quantitative estimate of drug-likeness (QED) is 0.531. The summed E-state index contributed by atoms with van der Waals surface area (Å²) < 4.78 is 17.9. The average Bonchev–Trinajstić information content (AvgIpc) is 2.46. The molecule has 108 valence electrons. The molecular formula is C13H10FN3O4. The lowest BCUT2D eigenvalue weighted by Gasteiger charge is -2.06. The Bertz CT molecular complexity index is 664. The molecule has 0 radical (unpaired) electrons. The van der Waals surface area contributed by atoms with E-state index < -0.39 is 28.5 Å². The van der Waals surface area contributed by atoms with Gasteiger partial charge in [-0.05, 0) is 5.56 Å². The molecule has 0 bridgehead atoms. The molecule has 0 aliphatic rings. The van der Waals surface area contributed by atoms with Crippen LogP contribution in [0.3, 0.4) is 0 Å². The minimum atomic E-state index is -0.958. The summed E-state index contributed by atoms with van der Waals surface area (Å²) in [6.07, 6.45) is -0.958. The summed E-state index contributed by atoms with van der Waals surface area (Å²) in [5.74, 6) is -1.45. The second-order valence-corrected chi connectivity index (χ2v) is 3.95. The van der Waals surface area contributed by atoms with Crippen molar-refractivity contribution in [2.75, 3.05) is 5.32 Å². The number of hydrogen-bond donors (Lipinski definition) is 1. The Kier molecular flexibility index (Phi) is 4.39. The number of carbonyl (C=O) groups excluding carboxylic acids is 1. The van der Waals surface area contributed by atoms with Crippen LogP contribution in [0.5, 0.6) is 0 Å². The van der Waals surface area contributed by atoms with Gasteiger partial charge in [-0.25, -0.2) is 4.79 Å². The summed E-state index contributed by atoms with van der Waals surface area (Å²) in [6.45, 7) is -0.0181. The number of pyridine rings is 1. The first-order valence-corrected chi connectivity index (χ1v) is 5.85. The van der Waals surface area contributed by atoms with Crippen LogP contribution < -0.4 is 5.32 Å². The smallest absolute Gasteiger partial charge is 0.413 e. The molecule has 0 aliphatic carbocycles. The van der Waals surface area contributed by atoms with Crippen molar-refractivity contribution >= 4 is 17.6 Å². The molecular weight excluding hydrogens is 281 g/mol. The van der Waals surface area contributed by atoms with Crippen LogP contribution in [-0.4, -0.2) is 16.0 Å². The van der Waals surface area contributed by atoms with E-state index in [4.69, 9.17) is 4.74 Å². The molecule has 0 fully saturated rings. The van der Waals surface area contributed by atoms with Gasteiger partial charge in [0.2, 0.25) is 11.8 Å². The number of anilines is 1. The minimum Gasteiger partial charge on any atom is -0.444 e. The molecule has 1 amide bonds. The second kappa shape index (κ2) is 6.42. The summed E-state index contributed by atoms with van der Waals surface area (Å²) in [4.78, 5) is 24.8. The highest BCUT2D eigenvalue weighted by atomic mass is 19.1. The molecule has 0 atom stereocenters. The van der Waals surface area contributed by atoms with E-state index in [1.807, 2.05) is 11.4 Å². The summed E-state index contributed by atoms with van der Waals surface area (Å²) in [7, 11) is 0. The highest BCUT2D eigenvalue weighted by molar-refractivity contribution is 5.86. The molecule has 1 aromatic heterocycles. The van der Waals surface area contributed by atoms with E-state index in [0.29, 0.717) is 0 Å². The van der Waals surface area contributed by atoms with Crippen LogP contribution in [0.15, 0.2) is 42.5 Å². The first-order valence-electron chi connectivity index (χ1n) is 5.85. The van der Waals surface area contributed by atoms with Gasteiger partial charge in [0.05, 0.1) is 4.92 Å². The van der Waals surface area contributed by atoms with E-state index in [0.717, 1.165) is 17.7 Å². The third-order valence-electron chi connectivity index (χ3n) is 2.47. The van der Waals surface area contributed by atoms with Crippen molar-refractivity contribution in [3.63, 3.8) is 0 Å². The summed E-state index contributed by atoms with van der Waals surface area (Å²) in [6, 6.07) is 10.6. The van der Waals surface area contributed by atoms with E-state index in [1.165, 1.54) is 0 Å².